The molecule has 3 aromatic rings. The molecule has 9 nitrogen and oxygen atoms in total. The third-order valence-corrected chi connectivity index (χ3v) is 8.81. The lowest BCUT2D eigenvalue weighted by atomic mass is 10.2. The highest BCUT2D eigenvalue weighted by atomic mass is 32.2. The molecule has 0 saturated carbocycles. The lowest BCUT2D eigenvalue weighted by Crippen LogP contribution is -2.27. The van der Waals surface area contributed by atoms with Gasteiger partial charge in [0.05, 0.1) is 35.9 Å². The van der Waals surface area contributed by atoms with Gasteiger partial charge in [0.25, 0.3) is 5.91 Å². The maximum atomic E-state index is 13.0. The number of carbonyl (C=O) groups excluding carboxylic acids is 1. The first kappa shape index (κ1) is 25.4. The molecule has 0 atom stereocenters. The van der Waals surface area contributed by atoms with Crippen molar-refractivity contribution >= 4 is 37.5 Å². The van der Waals surface area contributed by atoms with Crippen molar-refractivity contribution in [2.75, 3.05) is 40.5 Å². The molecular weight excluding hydrogens is 490 g/mol. The van der Waals surface area contributed by atoms with Gasteiger partial charge in [-0.3, -0.25) is 4.79 Å². The Labute approximate surface area is 208 Å². The first-order chi connectivity index (χ1) is 16.9. The van der Waals surface area contributed by atoms with Crippen molar-refractivity contribution in [2.24, 2.45) is 4.99 Å². The third-order valence-electron chi connectivity index (χ3n) is 5.85. The summed E-state index contributed by atoms with van der Waals surface area (Å²) in [5.41, 5.74) is 1.17. The molecule has 1 saturated heterocycles. The Morgan fingerprint density at radius 1 is 1.06 bits per heavy atom. The lowest BCUT2D eigenvalue weighted by molar-refractivity contribution is 0.0996. The topological polar surface area (TPSA) is 99.4 Å². The molecule has 4 rings (SSSR count). The van der Waals surface area contributed by atoms with Gasteiger partial charge in [0, 0.05) is 43.9 Å². The summed E-state index contributed by atoms with van der Waals surface area (Å²) in [7, 11) is -0.394. The number of hydrogen-bond acceptors (Lipinski definition) is 7. The normalized spacial score (nSPS) is 15.1. The van der Waals surface area contributed by atoms with E-state index in [1.807, 2.05) is 23.6 Å². The first-order valence-corrected chi connectivity index (χ1v) is 13.7. The minimum absolute atomic E-state index is 0.184. The minimum atomic E-state index is -3.54. The number of methoxy groups -OCH3 is 2. The van der Waals surface area contributed by atoms with Crippen molar-refractivity contribution in [2.45, 2.75) is 31.2 Å². The van der Waals surface area contributed by atoms with Crippen LogP contribution >= 0.6 is 11.3 Å². The highest BCUT2D eigenvalue weighted by molar-refractivity contribution is 7.89. The van der Waals surface area contributed by atoms with Crippen LogP contribution in [0.2, 0.25) is 0 Å². The van der Waals surface area contributed by atoms with Crippen molar-refractivity contribution < 1.29 is 27.4 Å². The number of sulfonamides is 1. The van der Waals surface area contributed by atoms with Gasteiger partial charge in [-0.15, -0.1) is 0 Å². The Morgan fingerprint density at radius 3 is 2.34 bits per heavy atom. The summed E-state index contributed by atoms with van der Waals surface area (Å²) in [6, 6.07) is 9.69. The standard InChI is InChI=1S/C24H29N3O6S2/c1-4-33-14-13-27-19-15-20(31-2)21(32-3)16-22(19)34-24(27)25-23(28)17-7-9-18(10-8-17)35(29,30)26-11-5-6-12-26/h7-10,15-16H,4-6,11-14H2,1-3H3. The van der Waals surface area contributed by atoms with E-state index in [1.54, 1.807) is 14.2 Å². The van der Waals surface area contributed by atoms with Gasteiger partial charge in [0.15, 0.2) is 16.3 Å². The molecular formula is C24H29N3O6S2. The predicted molar refractivity (Wildman–Crippen MR) is 134 cm³/mol. The van der Waals surface area contributed by atoms with Crippen LogP contribution in [0.3, 0.4) is 0 Å². The van der Waals surface area contributed by atoms with Crippen LogP contribution in [-0.2, 0) is 21.3 Å². The summed E-state index contributed by atoms with van der Waals surface area (Å²) in [5, 5.41) is 0. The molecule has 11 heteroatoms. The summed E-state index contributed by atoms with van der Waals surface area (Å²) < 4.78 is 46.2. The minimum Gasteiger partial charge on any atom is -0.493 e. The number of carbonyl (C=O) groups is 1. The van der Waals surface area contributed by atoms with Crippen molar-refractivity contribution in [3.8, 4) is 11.5 Å². The van der Waals surface area contributed by atoms with Crippen LogP contribution in [-0.4, -0.2) is 63.7 Å². The molecule has 1 amide bonds. The molecule has 1 aromatic heterocycles. The van der Waals surface area contributed by atoms with Crippen LogP contribution in [0, 0.1) is 0 Å². The number of thiazole rings is 1. The molecule has 0 spiro atoms. The van der Waals surface area contributed by atoms with E-state index in [2.05, 4.69) is 4.99 Å². The number of hydrogen-bond donors (Lipinski definition) is 0. The second kappa shape index (κ2) is 10.9. The van der Waals surface area contributed by atoms with Gasteiger partial charge in [0.2, 0.25) is 10.0 Å². The summed E-state index contributed by atoms with van der Waals surface area (Å²) >= 11 is 1.36. The molecule has 0 N–H and O–H groups in total. The summed E-state index contributed by atoms with van der Waals surface area (Å²) in [5.74, 6) is 0.715. The Bertz CT molecular complexity index is 1370. The van der Waals surface area contributed by atoms with Crippen molar-refractivity contribution in [1.29, 1.82) is 0 Å². The highest BCUT2D eigenvalue weighted by Gasteiger charge is 2.27. The summed E-state index contributed by atoms with van der Waals surface area (Å²) in [4.78, 5) is 18.1. The molecule has 1 aliphatic rings. The van der Waals surface area contributed by atoms with Crippen LogP contribution in [0.4, 0.5) is 0 Å². The molecule has 0 radical (unpaired) electrons. The molecule has 1 fully saturated rings. The smallest absolute Gasteiger partial charge is 0.279 e. The average molecular weight is 520 g/mol. The zero-order valence-corrected chi connectivity index (χ0v) is 21.7. The van der Waals surface area contributed by atoms with Crippen LogP contribution in [0.5, 0.6) is 11.5 Å². The van der Waals surface area contributed by atoms with E-state index in [0.29, 0.717) is 54.7 Å². The maximum absolute atomic E-state index is 13.0. The van der Waals surface area contributed by atoms with Crippen molar-refractivity contribution in [3.05, 3.63) is 46.8 Å². The fourth-order valence-electron chi connectivity index (χ4n) is 4.00. The van der Waals surface area contributed by atoms with Crippen LogP contribution in [0.25, 0.3) is 10.2 Å². The van der Waals surface area contributed by atoms with E-state index in [4.69, 9.17) is 14.2 Å². The van der Waals surface area contributed by atoms with Gasteiger partial charge in [-0.2, -0.15) is 9.30 Å². The second-order valence-electron chi connectivity index (χ2n) is 7.96. The lowest BCUT2D eigenvalue weighted by Gasteiger charge is -2.15. The number of amides is 1. The largest absolute Gasteiger partial charge is 0.493 e. The predicted octanol–water partition coefficient (Wildman–Crippen LogP) is 3.28. The van der Waals surface area contributed by atoms with Gasteiger partial charge in [-0.25, -0.2) is 8.42 Å². The quantitative estimate of drug-likeness (QED) is 0.403. The van der Waals surface area contributed by atoms with E-state index >= 15 is 0 Å². The van der Waals surface area contributed by atoms with E-state index < -0.39 is 15.9 Å². The van der Waals surface area contributed by atoms with Gasteiger partial charge >= 0.3 is 0 Å². The van der Waals surface area contributed by atoms with E-state index in [-0.39, 0.29) is 4.90 Å². The number of rotatable bonds is 9. The van der Waals surface area contributed by atoms with Gasteiger partial charge < -0.3 is 18.8 Å². The number of aromatic nitrogens is 1. The molecule has 188 valence electrons. The Kier molecular flexibility index (Phi) is 7.90. The first-order valence-electron chi connectivity index (χ1n) is 11.4. The third kappa shape index (κ3) is 5.27. The Balaban J connectivity index is 1.69. The van der Waals surface area contributed by atoms with Crippen LogP contribution in [0.1, 0.15) is 30.1 Å². The van der Waals surface area contributed by atoms with Crippen LogP contribution < -0.4 is 14.3 Å². The molecule has 0 aliphatic carbocycles. The Hall–Kier alpha value is -2.73. The number of fused-ring (bicyclic) bond motifs is 1. The summed E-state index contributed by atoms with van der Waals surface area (Å²) in [6.45, 7) is 4.53. The number of ether oxygens (including phenoxy) is 3. The Morgan fingerprint density at radius 2 is 1.71 bits per heavy atom. The molecule has 1 aliphatic heterocycles. The highest BCUT2D eigenvalue weighted by Crippen LogP contribution is 2.33. The van der Waals surface area contributed by atoms with E-state index in [0.717, 1.165) is 23.1 Å². The monoisotopic (exact) mass is 519 g/mol. The van der Waals surface area contributed by atoms with Gasteiger partial charge in [-0.05, 0) is 44.0 Å². The second-order valence-corrected chi connectivity index (χ2v) is 10.9. The number of nitrogens with zero attached hydrogens (tertiary/aromatic N) is 3. The fourth-order valence-corrected chi connectivity index (χ4v) is 6.58. The maximum Gasteiger partial charge on any atom is 0.279 e. The molecule has 2 aromatic carbocycles. The zero-order valence-electron chi connectivity index (χ0n) is 20.0. The fraction of sp³-hybridized carbons (Fsp3) is 0.417. The SMILES string of the molecule is CCOCCn1c(=NC(=O)c2ccc(S(=O)(=O)N3CCCC3)cc2)sc2cc(OC)c(OC)cc21. The molecule has 0 unspecified atom stereocenters. The van der Waals surface area contributed by atoms with Crippen LogP contribution in [0.15, 0.2) is 46.3 Å². The molecule has 2 heterocycles. The van der Waals surface area contributed by atoms with Gasteiger partial charge in [0.1, 0.15) is 0 Å². The van der Waals surface area contributed by atoms with Gasteiger partial charge in [-0.1, -0.05) is 11.3 Å². The van der Waals surface area contributed by atoms with Crippen molar-refractivity contribution in [1.82, 2.24) is 8.87 Å². The average Bonchev–Trinajstić information content (AvgIpc) is 3.52. The van der Waals surface area contributed by atoms with E-state index in [1.165, 1.54) is 39.9 Å². The molecule has 35 heavy (non-hydrogen) atoms. The number of benzene rings is 2. The zero-order chi connectivity index (χ0) is 25.0. The van der Waals surface area contributed by atoms with E-state index in [9.17, 15) is 13.2 Å². The summed E-state index contributed by atoms with van der Waals surface area (Å²) in [6.07, 6.45) is 1.73. The molecule has 0 bridgehead atoms. The van der Waals surface area contributed by atoms with Crippen molar-refractivity contribution in [3.63, 3.8) is 0 Å².